The van der Waals surface area contributed by atoms with Crippen LogP contribution in [0.5, 0.6) is 11.5 Å². The molecule has 0 spiro atoms. The highest BCUT2D eigenvalue weighted by Gasteiger charge is 2.25. The zero-order valence-electron chi connectivity index (χ0n) is 18.9. The zero-order chi connectivity index (χ0) is 23.0. The second-order valence-electron chi connectivity index (χ2n) is 8.43. The van der Waals surface area contributed by atoms with E-state index in [4.69, 9.17) is 14.2 Å². The van der Waals surface area contributed by atoms with E-state index < -0.39 is 11.7 Å². The molecule has 1 fully saturated rings. The molecule has 0 unspecified atom stereocenters. The summed E-state index contributed by atoms with van der Waals surface area (Å²) in [5, 5.41) is 5.44. The number of carbonyl (C=O) groups is 3. The van der Waals surface area contributed by atoms with Crippen LogP contribution in [0.1, 0.15) is 44.0 Å². The molecule has 0 bridgehead atoms. The minimum atomic E-state index is -0.607. The fourth-order valence-electron chi connectivity index (χ4n) is 3.36. The Kier molecular flexibility index (Phi) is 8.53. The summed E-state index contributed by atoms with van der Waals surface area (Å²) in [6.07, 6.45) is 0.925. The van der Waals surface area contributed by atoms with E-state index in [0.717, 1.165) is 12.8 Å². The number of methoxy groups -OCH3 is 2. The summed E-state index contributed by atoms with van der Waals surface area (Å²) in [4.78, 5) is 38.4. The minimum absolute atomic E-state index is 0.0933. The van der Waals surface area contributed by atoms with Crippen LogP contribution in [0.25, 0.3) is 0 Å². The lowest BCUT2D eigenvalue weighted by Crippen LogP contribution is -2.46. The first-order valence-electron chi connectivity index (χ1n) is 10.4. The highest BCUT2D eigenvalue weighted by atomic mass is 16.6. The molecular weight excluding hydrogens is 402 g/mol. The standard InChI is InChI=1S/C22H33N3O6/c1-22(2,3)31-21(28)24-14-18(26)25-11-9-15(10-12-25)13-23-20(27)19-16(29-4)7-6-8-17(19)30-5/h6-8,15H,9-14H2,1-5H3,(H,23,27)(H,24,28). The Morgan fingerprint density at radius 3 is 2.13 bits per heavy atom. The van der Waals surface area contributed by atoms with E-state index in [1.54, 1.807) is 43.9 Å². The van der Waals surface area contributed by atoms with Crippen molar-refractivity contribution < 1.29 is 28.6 Å². The molecule has 31 heavy (non-hydrogen) atoms. The number of nitrogens with zero attached hydrogens (tertiary/aromatic N) is 1. The molecule has 2 N–H and O–H groups in total. The van der Waals surface area contributed by atoms with Crippen LogP contribution < -0.4 is 20.1 Å². The molecule has 3 amide bonds. The van der Waals surface area contributed by atoms with Gasteiger partial charge in [0.05, 0.1) is 14.2 Å². The Labute approximate surface area is 183 Å². The lowest BCUT2D eigenvalue weighted by Gasteiger charge is -2.32. The number of hydrogen-bond acceptors (Lipinski definition) is 6. The van der Waals surface area contributed by atoms with Crippen LogP contribution in [-0.2, 0) is 9.53 Å². The third kappa shape index (κ3) is 7.34. The van der Waals surface area contributed by atoms with Gasteiger partial charge in [0.1, 0.15) is 29.2 Å². The highest BCUT2D eigenvalue weighted by molar-refractivity contribution is 5.99. The third-order valence-corrected chi connectivity index (χ3v) is 4.96. The molecule has 1 heterocycles. The quantitative estimate of drug-likeness (QED) is 0.680. The monoisotopic (exact) mass is 435 g/mol. The molecule has 0 saturated carbocycles. The topological polar surface area (TPSA) is 106 Å². The van der Waals surface area contributed by atoms with E-state index in [1.165, 1.54) is 14.2 Å². The third-order valence-electron chi connectivity index (χ3n) is 4.96. The molecule has 0 atom stereocenters. The maximum absolute atomic E-state index is 12.7. The van der Waals surface area contributed by atoms with E-state index >= 15 is 0 Å². The van der Waals surface area contributed by atoms with Gasteiger partial charge < -0.3 is 29.7 Å². The van der Waals surface area contributed by atoms with Crippen molar-refractivity contribution in [1.29, 1.82) is 0 Å². The molecule has 1 aromatic carbocycles. The van der Waals surface area contributed by atoms with Gasteiger partial charge in [-0.2, -0.15) is 0 Å². The number of ether oxygens (including phenoxy) is 3. The summed E-state index contributed by atoms with van der Waals surface area (Å²) in [6, 6.07) is 5.19. The average Bonchev–Trinajstić information content (AvgIpc) is 2.74. The van der Waals surface area contributed by atoms with Gasteiger partial charge in [-0.05, 0) is 51.7 Å². The first kappa shape index (κ1) is 24.3. The van der Waals surface area contributed by atoms with Crippen LogP contribution in [0.15, 0.2) is 18.2 Å². The number of likely N-dealkylation sites (tertiary alicyclic amines) is 1. The minimum Gasteiger partial charge on any atom is -0.496 e. The Morgan fingerprint density at radius 2 is 1.61 bits per heavy atom. The molecule has 1 aliphatic heterocycles. The highest BCUT2D eigenvalue weighted by Crippen LogP contribution is 2.28. The van der Waals surface area contributed by atoms with E-state index in [2.05, 4.69) is 10.6 Å². The van der Waals surface area contributed by atoms with Crippen LogP contribution in [0, 0.1) is 5.92 Å². The number of alkyl carbamates (subject to hydrolysis) is 1. The van der Waals surface area contributed by atoms with E-state index in [9.17, 15) is 14.4 Å². The summed E-state index contributed by atoms with van der Waals surface area (Å²) in [6.45, 7) is 6.86. The van der Waals surface area contributed by atoms with Crippen molar-refractivity contribution in [3.63, 3.8) is 0 Å². The molecule has 9 heteroatoms. The van der Waals surface area contributed by atoms with Gasteiger partial charge in [-0.3, -0.25) is 9.59 Å². The molecule has 0 radical (unpaired) electrons. The first-order valence-corrected chi connectivity index (χ1v) is 10.4. The van der Waals surface area contributed by atoms with Crippen LogP contribution >= 0.6 is 0 Å². The average molecular weight is 436 g/mol. The molecule has 0 aliphatic carbocycles. The van der Waals surface area contributed by atoms with Crippen LogP contribution in [0.2, 0.25) is 0 Å². The summed E-state index contributed by atoms with van der Waals surface area (Å²) >= 11 is 0. The molecule has 9 nitrogen and oxygen atoms in total. The maximum atomic E-state index is 12.7. The van der Waals surface area contributed by atoms with Gasteiger partial charge in [-0.25, -0.2) is 4.79 Å². The van der Waals surface area contributed by atoms with Crippen molar-refractivity contribution in [2.24, 2.45) is 5.92 Å². The second kappa shape index (κ2) is 10.9. The fourth-order valence-corrected chi connectivity index (χ4v) is 3.36. The van der Waals surface area contributed by atoms with Crippen molar-refractivity contribution in [3.8, 4) is 11.5 Å². The van der Waals surface area contributed by atoms with Crippen molar-refractivity contribution in [3.05, 3.63) is 23.8 Å². The normalized spacial score (nSPS) is 14.5. The predicted molar refractivity (Wildman–Crippen MR) is 115 cm³/mol. The number of benzene rings is 1. The van der Waals surface area contributed by atoms with Crippen molar-refractivity contribution in [2.45, 2.75) is 39.2 Å². The van der Waals surface area contributed by atoms with Gasteiger partial charge in [0.25, 0.3) is 5.91 Å². The van der Waals surface area contributed by atoms with Gasteiger partial charge in [-0.1, -0.05) is 6.07 Å². The largest absolute Gasteiger partial charge is 0.496 e. The first-order chi connectivity index (χ1) is 14.6. The number of nitrogens with one attached hydrogen (secondary N) is 2. The molecule has 172 valence electrons. The molecule has 2 rings (SSSR count). The smallest absolute Gasteiger partial charge is 0.408 e. The summed E-state index contributed by atoms with van der Waals surface area (Å²) < 4.78 is 15.7. The van der Waals surface area contributed by atoms with E-state index in [1.807, 2.05) is 0 Å². The van der Waals surface area contributed by atoms with Crippen LogP contribution in [-0.4, -0.2) is 68.8 Å². The van der Waals surface area contributed by atoms with E-state index in [0.29, 0.717) is 36.7 Å². The molecule has 1 saturated heterocycles. The molecule has 1 aromatic rings. The Balaban J connectivity index is 1.78. The summed E-state index contributed by atoms with van der Waals surface area (Å²) in [5.74, 6) is 0.762. The van der Waals surface area contributed by atoms with Gasteiger partial charge in [0, 0.05) is 19.6 Å². The number of amides is 3. The van der Waals surface area contributed by atoms with E-state index in [-0.39, 0.29) is 24.3 Å². The van der Waals surface area contributed by atoms with Crippen molar-refractivity contribution in [1.82, 2.24) is 15.5 Å². The zero-order valence-corrected chi connectivity index (χ0v) is 18.9. The maximum Gasteiger partial charge on any atom is 0.408 e. The lowest BCUT2D eigenvalue weighted by atomic mass is 9.96. The van der Waals surface area contributed by atoms with Crippen LogP contribution in [0.3, 0.4) is 0 Å². The predicted octanol–water partition coefficient (Wildman–Crippen LogP) is 2.20. The second-order valence-corrected chi connectivity index (χ2v) is 8.43. The Bertz CT molecular complexity index is 760. The fraction of sp³-hybridized carbons (Fsp3) is 0.591. The number of piperidine rings is 1. The molecule has 0 aromatic heterocycles. The number of carbonyl (C=O) groups excluding carboxylic acids is 3. The SMILES string of the molecule is COc1cccc(OC)c1C(=O)NCC1CCN(C(=O)CNC(=O)OC(C)(C)C)CC1. The molecular formula is C22H33N3O6. The lowest BCUT2D eigenvalue weighted by molar-refractivity contribution is -0.131. The van der Waals surface area contributed by atoms with Gasteiger partial charge >= 0.3 is 6.09 Å². The van der Waals surface area contributed by atoms with Crippen molar-refractivity contribution >= 4 is 17.9 Å². The Morgan fingerprint density at radius 1 is 1.03 bits per heavy atom. The van der Waals surface area contributed by atoms with Crippen molar-refractivity contribution in [2.75, 3.05) is 40.4 Å². The number of hydrogen-bond donors (Lipinski definition) is 2. The summed E-state index contributed by atoms with van der Waals surface area (Å²) in [7, 11) is 3.02. The van der Waals surface area contributed by atoms with Gasteiger partial charge in [0.15, 0.2) is 0 Å². The van der Waals surface area contributed by atoms with Crippen LogP contribution in [0.4, 0.5) is 4.79 Å². The van der Waals surface area contributed by atoms with Gasteiger partial charge in [-0.15, -0.1) is 0 Å². The molecule has 1 aliphatic rings. The summed E-state index contributed by atoms with van der Waals surface area (Å²) in [5.41, 5.74) is -0.239. The number of rotatable bonds is 7. The Hall–Kier alpha value is -2.97. The van der Waals surface area contributed by atoms with Gasteiger partial charge in [0.2, 0.25) is 5.91 Å².